The predicted octanol–water partition coefficient (Wildman–Crippen LogP) is 4.17. The minimum Gasteiger partial charge on any atom is -0.382 e. The van der Waals surface area contributed by atoms with Crippen LogP contribution in [-0.2, 0) is 0 Å². The molecule has 1 aliphatic carbocycles. The normalized spacial score (nSPS) is 19.0. The van der Waals surface area contributed by atoms with Crippen molar-refractivity contribution in [2.24, 2.45) is 5.41 Å². The zero-order valence-electron chi connectivity index (χ0n) is 15.1. The summed E-state index contributed by atoms with van der Waals surface area (Å²) < 4.78 is 0. The number of nitrogens with two attached hydrogens (primary N) is 2. The third kappa shape index (κ3) is 3.71. The van der Waals surface area contributed by atoms with Crippen molar-refractivity contribution < 1.29 is 0 Å². The third-order valence-corrected chi connectivity index (χ3v) is 7.20. The van der Waals surface area contributed by atoms with E-state index in [4.69, 9.17) is 23.1 Å². The molecular formula is C19H23ClN6S. The molecule has 0 unspecified atom stereocenters. The van der Waals surface area contributed by atoms with E-state index >= 15 is 0 Å². The molecule has 0 amide bonds. The van der Waals surface area contributed by atoms with Crippen molar-refractivity contribution in [2.45, 2.75) is 42.0 Å². The van der Waals surface area contributed by atoms with Crippen molar-refractivity contribution in [3.63, 3.8) is 0 Å². The molecule has 3 heterocycles. The van der Waals surface area contributed by atoms with Gasteiger partial charge in [0.05, 0.1) is 11.2 Å². The van der Waals surface area contributed by atoms with E-state index < -0.39 is 0 Å². The van der Waals surface area contributed by atoms with Crippen molar-refractivity contribution >= 4 is 40.8 Å². The van der Waals surface area contributed by atoms with Gasteiger partial charge in [0.25, 0.3) is 0 Å². The SMILES string of the molecule is C=C1CCC2(CCN(c3cnc(Sc4ccnc(N)c4Cl)c(N)n3)CC2)C1. The summed E-state index contributed by atoms with van der Waals surface area (Å²) in [4.78, 5) is 16.1. The molecule has 1 aliphatic heterocycles. The molecule has 2 aromatic rings. The Bertz CT molecular complexity index is 878. The van der Waals surface area contributed by atoms with Gasteiger partial charge in [-0.3, -0.25) is 0 Å². The number of rotatable bonds is 3. The van der Waals surface area contributed by atoms with Gasteiger partial charge in [0.15, 0.2) is 5.82 Å². The lowest BCUT2D eigenvalue weighted by molar-refractivity contribution is 0.230. The summed E-state index contributed by atoms with van der Waals surface area (Å²) >= 11 is 7.55. The van der Waals surface area contributed by atoms with Gasteiger partial charge in [0, 0.05) is 24.2 Å². The molecule has 0 atom stereocenters. The number of piperidine rings is 1. The largest absolute Gasteiger partial charge is 0.382 e. The molecule has 4 N–H and O–H groups in total. The van der Waals surface area contributed by atoms with Crippen LogP contribution in [0.1, 0.15) is 32.1 Å². The summed E-state index contributed by atoms with van der Waals surface area (Å²) in [5.41, 5.74) is 13.8. The Balaban J connectivity index is 1.46. The van der Waals surface area contributed by atoms with Gasteiger partial charge in [-0.15, -0.1) is 0 Å². The van der Waals surface area contributed by atoms with Gasteiger partial charge >= 0.3 is 0 Å². The van der Waals surface area contributed by atoms with Crippen molar-refractivity contribution in [1.29, 1.82) is 0 Å². The van der Waals surface area contributed by atoms with E-state index in [9.17, 15) is 0 Å². The molecule has 2 fully saturated rings. The summed E-state index contributed by atoms with van der Waals surface area (Å²) in [6.07, 6.45) is 9.40. The first kappa shape index (κ1) is 18.4. The molecule has 142 valence electrons. The lowest BCUT2D eigenvalue weighted by atomic mass is 9.77. The average Bonchev–Trinajstić information content (AvgIpc) is 3.01. The Morgan fingerprint density at radius 3 is 2.59 bits per heavy atom. The van der Waals surface area contributed by atoms with Crippen molar-refractivity contribution in [3.8, 4) is 0 Å². The Labute approximate surface area is 168 Å². The fourth-order valence-corrected chi connectivity index (χ4v) is 5.04. The van der Waals surface area contributed by atoms with Crippen LogP contribution in [0.3, 0.4) is 0 Å². The summed E-state index contributed by atoms with van der Waals surface area (Å²) in [5, 5.41) is 1.03. The van der Waals surface area contributed by atoms with Gasteiger partial charge in [0.2, 0.25) is 0 Å². The second kappa shape index (κ2) is 7.20. The van der Waals surface area contributed by atoms with Crippen LogP contribution in [0.5, 0.6) is 0 Å². The van der Waals surface area contributed by atoms with Crippen LogP contribution in [0.25, 0.3) is 0 Å². The van der Waals surface area contributed by atoms with Crippen LogP contribution in [0.2, 0.25) is 5.02 Å². The topological polar surface area (TPSA) is 94.0 Å². The van der Waals surface area contributed by atoms with Gasteiger partial charge < -0.3 is 16.4 Å². The Morgan fingerprint density at radius 1 is 1.15 bits per heavy atom. The maximum Gasteiger partial charge on any atom is 0.158 e. The van der Waals surface area contributed by atoms with Gasteiger partial charge in [-0.1, -0.05) is 35.5 Å². The molecule has 0 radical (unpaired) electrons. The van der Waals surface area contributed by atoms with Crippen LogP contribution >= 0.6 is 23.4 Å². The first-order chi connectivity index (χ1) is 13.0. The van der Waals surface area contributed by atoms with Gasteiger partial charge in [-0.25, -0.2) is 15.0 Å². The molecule has 1 spiro atoms. The van der Waals surface area contributed by atoms with Crippen molar-refractivity contribution in [3.05, 3.63) is 35.6 Å². The van der Waals surface area contributed by atoms with Gasteiger partial charge in [-0.05, 0) is 43.6 Å². The number of hydrogen-bond donors (Lipinski definition) is 2. The maximum atomic E-state index is 6.21. The highest BCUT2D eigenvalue weighted by Gasteiger charge is 2.38. The van der Waals surface area contributed by atoms with Crippen LogP contribution in [0.4, 0.5) is 17.5 Å². The Kier molecular flexibility index (Phi) is 4.90. The van der Waals surface area contributed by atoms with Gasteiger partial charge in [-0.2, -0.15) is 0 Å². The molecule has 2 aromatic heterocycles. The van der Waals surface area contributed by atoms with Crippen molar-refractivity contribution in [2.75, 3.05) is 29.5 Å². The monoisotopic (exact) mass is 402 g/mol. The first-order valence-electron chi connectivity index (χ1n) is 9.08. The molecule has 0 bridgehead atoms. The minimum atomic E-state index is 0.293. The number of hydrogen-bond acceptors (Lipinski definition) is 7. The average molecular weight is 403 g/mol. The zero-order chi connectivity index (χ0) is 19.0. The fraction of sp³-hybridized carbons (Fsp3) is 0.421. The van der Waals surface area contributed by atoms with Crippen LogP contribution < -0.4 is 16.4 Å². The number of aromatic nitrogens is 3. The highest BCUT2D eigenvalue weighted by molar-refractivity contribution is 7.99. The summed E-state index contributed by atoms with van der Waals surface area (Å²) in [5.74, 6) is 1.53. The Morgan fingerprint density at radius 2 is 1.93 bits per heavy atom. The third-order valence-electron chi connectivity index (χ3n) is 5.62. The molecule has 4 rings (SSSR count). The molecule has 1 saturated heterocycles. The smallest absolute Gasteiger partial charge is 0.158 e. The molecule has 8 heteroatoms. The molecule has 1 saturated carbocycles. The molecule has 6 nitrogen and oxygen atoms in total. The van der Waals surface area contributed by atoms with Gasteiger partial charge in [0.1, 0.15) is 16.7 Å². The highest BCUT2D eigenvalue weighted by atomic mass is 35.5. The Hall–Kier alpha value is -1.99. The predicted molar refractivity (Wildman–Crippen MR) is 111 cm³/mol. The molecule has 0 aromatic carbocycles. The number of nitrogens with zero attached hydrogens (tertiary/aromatic N) is 4. The zero-order valence-corrected chi connectivity index (χ0v) is 16.7. The fourth-order valence-electron chi connectivity index (χ4n) is 4.02. The number of anilines is 3. The second-order valence-electron chi connectivity index (χ2n) is 7.44. The molecule has 27 heavy (non-hydrogen) atoms. The lowest BCUT2D eigenvalue weighted by Crippen LogP contribution is -2.39. The number of halogens is 1. The molecule has 2 aliphatic rings. The van der Waals surface area contributed by atoms with Crippen LogP contribution in [0, 0.1) is 5.41 Å². The first-order valence-corrected chi connectivity index (χ1v) is 10.3. The maximum absolute atomic E-state index is 6.21. The van der Waals surface area contributed by atoms with E-state index in [1.807, 2.05) is 0 Å². The highest BCUT2D eigenvalue weighted by Crippen LogP contribution is 2.48. The van der Waals surface area contributed by atoms with E-state index in [1.54, 1.807) is 18.5 Å². The number of pyridine rings is 1. The van der Waals surface area contributed by atoms with E-state index in [-0.39, 0.29) is 0 Å². The van der Waals surface area contributed by atoms with Crippen LogP contribution in [0.15, 0.2) is 40.5 Å². The summed E-state index contributed by atoms with van der Waals surface area (Å²) in [6, 6.07) is 1.79. The van der Waals surface area contributed by atoms with E-state index in [1.165, 1.54) is 49.4 Å². The summed E-state index contributed by atoms with van der Waals surface area (Å²) in [6.45, 7) is 6.15. The van der Waals surface area contributed by atoms with Crippen LogP contribution in [-0.4, -0.2) is 28.0 Å². The second-order valence-corrected chi connectivity index (χ2v) is 8.85. The quantitative estimate of drug-likeness (QED) is 0.744. The standard InChI is InChI=1S/C19H23ClN6S/c1-12-2-4-19(10-12)5-8-26(9-6-19)14-11-24-18(17(22)25-14)27-13-3-7-23-16(21)15(13)20/h3,7,11H,1-2,4-6,8-10H2,(H2,21,23)(H2,22,25). The number of nitrogen functional groups attached to an aromatic ring is 2. The minimum absolute atomic E-state index is 0.293. The van der Waals surface area contributed by atoms with Crippen molar-refractivity contribution in [1.82, 2.24) is 15.0 Å². The van der Waals surface area contributed by atoms with E-state index in [0.717, 1.165) is 23.8 Å². The lowest BCUT2D eigenvalue weighted by Gasteiger charge is -2.39. The van der Waals surface area contributed by atoms with E-state index in [2.05, 4.69) is 26.4 Å². The summed E-state index contributed by atoms with van der Waals surface area (Å²) in [7, 11) is 0. The molecular weight excluding hydrogens is 380 g/mol. The number of allylic oxidation sites excluding steroid dienone is 1. The van der Waals surface area contributed by atoms with E-state index in [0.29, 0.717) is 27.1 Å².